The Morgan fingerprint density at radius 1 is 0.957 bits per heavy atom. The SMILES string of the molecule is CC(=N)N1CCC(c2ccc(C)cc2)(c2ccc(Br)cc2)CC1. The number of aryl methyl sites for hydroxylation is 1. The Morgan fingerprint density at radius 2 is 1.43 bits per heavy atom. The van der Waals surface area contributed by atoms with Crippen molar-refractivity contribution in [1.29, 1.82) is 5.41 Å². The van der Waals surface area contributed by atoms with Gasteiger partial charge in [0.2, 0.25) is 0 Å². The molecule has 2 aromatic carbocycles. The summed E-state index contributed by atoms with van der Waals surface area (Å²) in [6.45, 7) is 5.91. The molecule has 1 N–H and O–H groups in total. The molecule has 1 fully saturated rings. The number of piperidine rings is 1. The molecule has 1 saturated heterocycles. The highest BCUT2D eigenvalue weighted by Crippen LogP contribution is 2.42. The van der Waals surface area contributed by atoms with Gasteiger partial charge in [-0.15, -0.1) is 0 Å². The molecule has 0 bridgehead atoms. The fourth-order valence-electron chi connectivity index (χ4n) is 3.61. The Morgan fingerprint density at radius 3 is 1.91 bits per heavy atom. The van der Waals surface area contributed by atoms with Crippen LogP contribution >= 0.6 is 15.9 Å². The van der Waals surface area contributed by atoms with Gasteiger partial charge in [-0.25, -0.2) is 0 Å². The van der Waals surface area contributed by atoms with Gasteiger partial charge in [-0.1, -0.05) is 57.9 Å². The first-order valence-electron chi connectivity index (χ1n) is 8.14. The topological polar surface area (TPSA) is 27.1 Å². The zero-order valence-corrected chi connectivity index (χ0v) is 15.4. The molecule has 2 aromatic rings. The Balaban J connectivity index is 2.02. The van der Waals surface area contributed by atoms with Crippen molar-refractivity contribution < 1.29 is 0 Å². The van der Waals surface area contributed by atoms with E-state index in [1.807, 2.05) is 6.92 Å². The number of halogens is 1. The van der Waals surface area contributed by atoms with Gasteiger partial charge in [0, 0.05) is 23.0 Å². The summed E-state index contributed by atoms with van der Waals surface area (Å²) < 4.78 is 1.12. The summed E-state index contributed by atoms with van der Waals surface area (Å²) in [6.07, 6.45) is 2.10. The predicted octanol–water partition coefficient (Wildman–Crippen LogP) is 5.14. The van der Waals surface area contributed by atoms with Crippen LogP contribution < -0.4 is 0 Å². The number of rotatable bonds is 2. The van der Waals surface area contributed by atoms with Crippen LogP contribution in [0, 0.1) is 12.3 Å². The predicted molar refractivity (Wildman–Crippen MR) is 100 cm³/mol. The lowest BCUT2D eigenvalue weighted by molar-refractivity contribution is 0.256. The lowest BCUT2D eigenvalue weighted by Gasteiger charge is -2.43. The number of hydrogen-bond acceptors (Lipinski definition) is 1. The average Bonchev–Trinajstić information content (AvgIpc) is 2.56. The summed E-state index contributed by atoms with van der Waals surface area (Å²) in [5, 5.41) is 7.90. The van der Waals surface area contributed by atoms with Crippen LogP contribution in [-0.4, -0.2) is 23.8 Å². The van der Waals surface area contributed by atoms with E-state index in [4.69, 9.17) is 5.41 Å². The van der Waals surface area contributed by atoms with Gasteiger partial charge < -0.3 is 4.90 Å². The van der Waals surface area contributed by atoms with Gasteiger partial charge in [0.1, 0.15) is 0 Å². The van der Waals surface area contributed by atoms with Gasteiger partial charge in [-0.05, 0) is 49.9 Å². The van der Waals surface area contributed by atoms with Crippen LogP contribution in [0.15, 0.2) is 53.0 Å². The molecule has 0 aliphatic carbocycles. The second-order valence-corrected chi connectivity index (χ2v) is 7.44. The lowest BCUT2D eigenvalue weighted by Crippen LogP contribution is -2.44. The molecule has 120 valence electrons. The number of nitrogens with one attached hydrogen (secondary N) is 1. The first-order chi connectivity index (χ1) is 11.0. The molecule has 0 unspecified atom stereocenters. The number of likely N-dealkylation sites (tertiary alicyclic amines) is 1. The molecule has 2 nitrogen and oxygen atoms in total. The third-order valence-electron chi connectivity index (χ3n) is 5.09. The minimum absolute atomic E-state index is 0.0559. The van der Waals surface area contributed by atoms with E-state index in [1.54, 1.807) is 0 Å². The molecule has 3 heteroatoms. The largest absolute Gasteiger partial charge is 0.361 e. The normalized spacial score (nSPS) is 17.1. The minimum atomic E-state index is 0.0559. The quantitative estimate of drug-likeness (QED) is 0.575. The molecule has 1 aliphatic rings. The summed E-state index contributed by atoms with van der Waals surface area (Å²) in [6, 6.07) is 17.8. The molecule has 0 atom stereocenters. The third-order valence-corrected chi connectivity index (χ3v) is 5.62. The molecule has 0 amide bonds. The molecule has 0 saturated carbocycles. The van der Waals surface area contributed by atoms with Crippen molar-refractivity contribution in [3.05, 3.63) is 69.7 Å². The summed E-state index contributed by atoms with van der Waals surface area (Å²) in [7, 11) is 0. The Labute approximate surface area is 147 Å². The highest BCUT2D eigenvalue weighted by molar-refractivity contribution is 9.10. The first-order valence-corrected chi connectivity index (χ1v) is 8.94. The van der Waals surface area contributed by atoms with E-state index in [0.717, 1.165) is 30.4 Å². The summed E-state index contributed by atoms with van der Waals surface area (Å²) in [5.41, 5.74) is 4.13. The van der Waals surface area contributed by atoms with Crippen LogP contribution in [0.2, 0.25) is 0 Å². The van der Waals surface area contributed by atoms with Gasteiger partial charge in [0.25, 0.3) is 0 Å². The van der Waals surface area contributed by atoms with E-state index in [1.165, 1.54) is 16.7 Å². The number of benzene rings is 2. The third kappa shape index (κ3) is 3.20. The maximum atomic E-state index is 7.90. The van der Waals surface area contributed by atoms with Gasteiger partial charge >= 0.3 is 0 Å². The van der Waals surface area contributed by atoms with Gasteiger partial charge in [0.05, 0.1) is 5.84 Å². The molecular weight excluding hydrogens is 348 g/mol. The van der Waals surface area contributed by atoms with E-state index in [2.05, 4.69) is 76.3 Å². The van der Waals surface area contributed by atoms with E-state index < -0.39 is 0 Å². The van der Waals surface area contributed by atoms with Crippen molar-refractivity contribution >= 4 is 21.8 Å². The van der Waals surface area contributed by atoms with Crippen molar-refractivity contribution in [3.63, 3.8) is 0 Å². The molecule has 1 aliphatic heterocycles. The fourth-order valence-corrected chi connectivity index (χ4v) is 3.87. The lowest BCUT2D eigenvalue weighted by atomic mass is 9.68. The van der Waals surface area contributed by atoms with Crippen LogP contribution in [0.25, 0.3) is 0 Å². The number of hydrogen-bond donors (Lipinski definition) is 1. The zero-order valence-electron chi connectivity index (χ0n) is 13.8. The number of nitrogens with zero attached hydrogens (tertiary/aromatic N) is 1. The molecule has 0 aromatic heterocycles. The fraction of sp³-hybridized carbons (Fsp3) is 0.350. The smallest absolute Gasteiger partial charge is 0.0925 e. The van der Waals surface area contributed by atoms with E-state index in [0.29, 0.717) is 5.84 Å². The van der Waals surface area contributed by atoms with Crippen LogP contribution in [-0.2, 0) is 5.41 Å². The van der Waals surface area contributed by atoms with Crippen molar-refractivity contribution in [2.45, 2.75) is 32.1 Å². The standard InChI is InChI=1S/C20H23BrN2/c1-15-3-5-17(6-4-15)20(18-7-9-19(21)10-8-18)11-13-23(14-12-20)16(2)22/h3-10,22H,11-14H2,1-2H3. The zero-order chi connectivity index (χ0) is 16.4. The maximum absolute atomic E-state index is 7.90. The minimum Gasteiger partial charge on any atom is -0.361 e. The molecule has 0 radical (unpaired) electrons. The van der Waals surface area contributed by atoms with Gasteiger partial charge in [-0.2, -0.15) is 0 Å². The van der Waals surface area contributed by atoms with Crippen LogP contribution in [0.3, 0.4) is 0 Å². The first kappa shape index (κ1) is 16.3. The monoisotopic (exact) mass is 370 g/mol. The van der Waals surface area contributed by atoms with Gasteiger partial charge in [0.15, 0.2) is 0 Å². The van der Waals surface area contributed by atoms with Crippen LogP contribution in [0.4, 0.5) is 0 Å². The van der Waals surface area contributed by atoms with Gasteiger partial charge in [-0.3, -0.25) is 5.41 Å². The molecule has 3 rings (SSSR count). The summed E-state index contributed by atoms with van der Waals surface area (Å²) >= 11 is 3.55. The summed E-state index contributed by atoms with van der Waals surface area (Å²) in [5.74, 6) is 0.679. The van der Waals surface area contributed by atoms with Crippen LogP contribution in [0.1, 0.15) is 36.5 Å². The molecule has 0 spiro atoms. The molecule has 1 heterocycles. The summed E-state index contributed by atoms with van der Waals surface area (Å²) in [4.78, 5) is 2.19. The molecule has 23 heavy (non-hydrogen) atoms. The second-order valence-electron chi connectivity index (χ2n) is 6.53. The highest BCUT2D eigenvalue weighted by Gasteiger charge is 2.37. The molecular formula is C20H23BrN2. The van der Waals surface area contributed by atoms with Crippen LogP contribution in [0.5, 0.6) is 0 Å². The Kier molecular flexibility index (Phi) is 4.58. The maximum Gasteiger partial charge on any atom is 0.0925 e. The van der Waals surface area contributed by atoms with E-state index in [9.17, 15) is 0 Å². The average molecular weight is 371 g/mol. The Hall–Kier alpha value is -1.61. The number of amidine groups is 1. The van der Waals surface area contributed by atoms with E-state index >= 15 is 0 Å². The highest BCUT2D eigenvalue weighted by atomic mass is 79.9. The van der Waals surface area contributed by atoms with Crippen molar-refractivity contribution in [2.75, 3.05) is 13.1 Å². The van der Waals surface area contributed by atoms with E-state index in [-0.39, 0.29) is 5.41 Å². The van der Waals surface area contributed by atoms with Crippen molar-refractivity contribution in [3.8, 4) is 0 Å². The Bertz CT molecular complexity index is 633. The van der Waals surface area contributed by atoms with Crippen molar-refractivity contribution in [1.82, 2.24) is 4.90 Å². The second kappa shape index (κ2) is 6.48. The van der Waals surface area contributed by atoms with Crippen molar-refractivity contribution in [2.24, 2.45) is 0 Å².